The van der Waals surface area contributed by atoms with E-state index in [1.165, 1.54) is 13.2 Å². The number of guanidine groups is 1. The van der Waals surface area contributed by atoms with Crippen LogP contribution in [0.1, 0.15) is 5.56 Å². The summed E-state index contributed by atoms with van der Waals surface area (Å²) >= 11 is 0. The van der Waals surface area contributed by atoms with E-state index in [0.717, 1.165) is 0 Å². The van der Waals surface area contributed by atoms with Crippen molar-refractivity contribution < 1.29 is 26.7 Å². The number of ether oxygens (including phenoxy) is 2. The van der Waals surface area contributed by atoms with E-state index < -0.39 is 16.4 Å². The second kappa shape index (κ2) is 12.3. The maximum atomic E-state index is 12.6. The summed E-state index contributed by atoms with van der Waals surface area (Å²) in [6.45, 7) is -0.422. The monoisotopic (exact) mass is 548 g/mol. The largest absolute Gasteiger partial charge is 0.497 e. The van der Waals surface area contributed by atoms with Crippen LogP contribution in [0.2, 0.25) is 0 Å². The van der Waals surface area contributed by atoms with Crippen LogP contribution in [0, 0.1) is 0 Å². The molecule has 12 heteroatoms. The minimum atomic E-state index is -2.92. The van der Waals surface area contributed by atoms with Gasteiger partial charge in [-0.3, -0.25) is 9.89 Å². The molecule has 1 fully saturated rings. The molecular weight excluding hydrogens is 521 g/mol. The number of nitrogens with zero attached hydrogens (tertiary/aromatic N) is 2. The number of hydrogen-bond donors (Lipinski definition) is 2. The van der Waals surface area contributed by atoms with Gasteiger partial charge < -0.3 is 20.1 Å². The smallest absolute Gasteiger partial charge is 0.387 e. The Kier molecular flexibility index (Phi) is 10.9. The van der Waals surface area contributed by atoms with E-state index in [2.05, 4.69) is 25.3 Å². The molecule has 0 amide bonds. The van der Waals surface area contributed by atoms with Gasteiger partial charge in [-0.25, -0.2) is 8.42 Å². The van der Waals surface area contributed by atoms with Crippen molar-refractivity contribution in [2.45, 2.75) is 13.2 Å². The molecule has 8 nitrogen and oxygen atoms in total. The van der Waals surface area contributed by atoms with Crippen LogP contribution >= 0.6 is 24.0 Å². The third-order valence-corrected chi connectivity index (χ3v) is 5.92. The van der Waals surface area contributed by atoms with E-state index in [0.29, 0.717) is 43.5 Å². The van der Waals surface area contributed by atoms with Crippen molar-refractivity contribution in [1.29, 1.82) is 0 Å². The first-order chi connectivity index (χ1) is 13.3. The number of methoxy groups -OCH3 is 1. The van der Waals surface area contributed by atoms with Gasteiger partial charge in [-0.2, -0.15) is 8.78 Å². The molecule has 0 atom stereocenters. The molecule has 1 saturated heterocycles. The van der Waals surface area contributed by atoms with Crippen molar-refractivity contribution in [2.24, 2.45) is 4.99 Å². The second-order valence-electron chi connectivity index (χ2n) is 6.20. The summed E-state index contributed by atoms with van der Waals surface area (Å²) in [5.74, 6) is 1.45. The lowest BCUT2D eigenvalue weighted by Crippen LogP contribution is -2.45. The van der Waals surface area contributed by atoms with Gasteiger partial charge in [-0.1, -0.05) is 0 Å². The van der Waals surface area contributed by atoms with E-state index >= 15 is 0 Å². The van der Waals surface area contributed by atoms with E-state index in [9.17, 15) is 17.2 Å². The summed E-state index contributed by atoms with van der Waals surface area (Å²) in [4.78, 5) is 6.17. The van der Waals surface area contributed by atoms with Crippen LogP contribution < -0.4 is 20.1 Å². The topological polar surface area (TPSA) is 92.3 Å². The molecule has 0 saturated carbocycles. The third-order valence-electron chi connectivity index (χ3n) is 4.31. The minimum Gasteiger partial charge on any atom is -0.497 e. The molecule has 1 heterocycles. The van der Waals surface area contributed by atoms with Gasteiger partial charge >= 0.3 is 6.61 Å². The fraction of sp³-hybridized carbons (Fsp3) is 0.588. The zero-order valence-corrected chi connectivity index (χ0v) is 19.5. The molecule has 166 valence electrons. The lowest BCUT2D eigenvalue weighted by Gasteiger charge is -2.26. The highest BCUT2D eigenvalue weighted by molar-refractivity contribution is 14.0. The number of nitrogens with one attached hydrogen (secondary N) is 2. The van der Waals surface area contributed by atoms with Gasteiger partial charge in [-0.05, 0) is 18.2 Å². The Balaban J connectivity index is 0.00000420. The number of hydrogen-bond acceptors (Lipinski definition) is 6. The van der Waals surface area contributed by atoms with Crippen molar-refractivity contribution in [3.8, 4) is 11.5 Å². The summed E-state index contributed by atoms with van der Waals surface area (Å²) in [7, 11) is 0.202. The van der Waals surface area contributed by atoms with E-state index in [1.807, 2.05) is 0 Å². The van der Waals surface area contributed by atoms with Crippen LogP contribution in [-0.4, -0.2) is 77.7 Å². The highest BCUT2D eigenvalue weighted by Gasteiger charge is 2.21. The third kappa shape index (κ3) is 8.86. The van der Waals surface area contributed by atoms with Crippen LogP contribution in [0.3, 0.4) is 0 Å². The number of sulfone groups is 1. The maximum absolute atomic E-state index is 12.6. The fourth-order valence-corrected chi connectivity index (χ4v) is 4.01. The first-order valence-corrected chi connectivity index (χ1v) is 10.6. The molecule has 29 heavy (non-hydrogen) atoms. The Morgan fingerprint density at radius 1 is 1.28 bits per heavy atom. The Hall–Kier alpha value is -1.41. The lowest BCUT2D eigenvalue weighted by atomic mass is 10.2. The molecule has 1 aromatic rings. The van der Waals surface area contributed by atoms with E-state index in [-0.39, 0.29) is 47.8 Å². The van der Waals surface area contributed by atoms with Crippen LogP contribution in [0.15, 0.2) is 23.2 Å². The van der Waals surface area contributed by atoms with Gasteiger partial charge in [0.2, 0.25) is 0 Å². The number of rotatable bonds is 8. The molecule has 2 N–H and O–H groups in total. The predicted molar refractivity (Wildman–Crippen MR) is 118 cm³/mol. The summed E-state index contributed by atoms with van der Waals surface area (Å²) < 4.78 is 57.7. The molecule has 0 radical (unpaired) electrons. The van der Waals surface area contributed by atoms with Crippen LogP contribution in [-0.2, 0) is 16.4 Å². The highest BCUT2D eigenvalue weighted by Crippen LogP contribution is 2.25. The molecular formula is C17H27F2IN4O4S. The first kappa shape index (κ1) is 25.6. The fourth-order valence-electron chi connectivity index (χ4n) is 2.74. The van der Waals surface area contributed by atoms with E-state index in [1.54, 1.807) is 19.2 Å². The first-order valence-electron chi connectivity index (χ1n) is 8.82. The molecule has 0 unspecified atom stereocenters. The van der Waals surface area contributed by atoms with Gasteiger partial charge in [0.25, 0.3) is 0 Å². The van der Waals surface area contributed by atoms with Crippen LogP contribution in [0.5, 0.6) is 11.5 Å². The summed E-state index contributed by atoms with van der Waals surface area (Å²) in [6, 6.07) is 4.60. The Labute approximate surface area is 187 Å². The zero-order chi connectivity index (χ0) is 20.6. The number of benzene rings is 1. The molecule has 0 aliphatic carbocycles. The van der Waals surface area contributed by atoms with Gasteiger partial charge in [0.15, 0.2) is 15.8 Å². The summed E-state index contributed by atoms with van der Waals surface area (Å²) in [5, 5.41) is 6.17. The highest BCUT2D eigenvalue weighted by atomic mass is 127. The van der Waals surface area contributed by atoms with Gasteiger partial charge in [0.1, 0.15) is 11.5 Å². The minimum absolute atomic E-state index is 0. The molecule has 1 aliphatic heterocycles. The Morgan fingerprint density at radius 2 is 1.97 bits per heavy atom. The van der Waals surface area contributed by atoms with Crippen LogP contribution in [0.25, 0.3) is 0 Å². The van der Waals surface area contributed by atoms with Crippen molar-refractivity contribution in [3.63, 3.8) is 0 Å². The van der Waals surface area contributed by atoms with Crippen molar-refractivity contribution in [1.82, 2.24) is 15.5 Å². The second-order valence-corrected chi connectivity index (χ2v) is 8.50. The predicted octanol–water partition coefficient (Wildman–Crippen LogP) is 1.31. The lowest BCUT2D eigenvalue weighted by molar-refractivity contribution is -0.0505. The van der Waals surface area contributed by atoms with Gasteiger partial charge in [0, 0.05) is 45.3 Å². The average molecular weight is 548 g/mol. The Morgan fingerprint density at radius 3 is 2.55 bits per heavy atom. The number of aliphatic imine (C=N–C) groups is 1. The molecule has 0 aromatic heterocycles. The summed E-state index contributed by atoms with van der Waals surface area (Å²) in [5.41, 5.74) is 0.504. The van der Waals surface area contributed by atoms with Gasteiger partial charge in [0.05, 0.1) is 18.6 Å². The molecule has 1 aromatic carbocycles. The Bertz CT molecular complexity index is 767. The van der Waals surface area contributed by atoms with Gasteiger partial charge in [-0.15, -0.1) is 24.0 Å². The maximum Gasteiger partial charge on any atom is 0.387 e. The average Bonchev–Trinajstić information content (AvgIpc) is 2.66. The standard InChI is InChI=1S/C17H26F2N4O4S.HI/c1-20-17(21-5-6-23-7-9-28(24,25)10-8-23)22-12-13-11-14(26-2)3-4-15(13)27-16(18)19;/h3-4,11,16H,5-10,12H2,1-2H3,(H2,20,21,22);1H. The normalized spacial score (nSPS) is 16.8. The molecule has 1 aliphatic rings. The molecule has 0 bridgehead atoms. The van der Waals surface area contributed by atoms with Crippen molar-refractivity contribution in [2.75, 3.05) is 51.8 Å². The van der Waals surface area contributed by atoms with E-state index in [4.69, 9.17) is 4.74 Å². The zero-order valence-electron chi connectivity index (χ0n) is 16.4. The quantitative estimate of drug-likeness (QED) is 0.288. The van der Waals surface area contributed by atoms with Crippen molar-refractivity contribution >= 4 is 39.8 Å². The van der Waals surface area contributed by atoms with Crippen molar-refractivity contribution in [3.05, 3.63) is 23.8 Å². The number of halogens is 3. The summed E-state index contributed by atoms with van der Waals surface area (Å²) in [6.07, 6.45) is 0. The van der Waals surface area contributed by atoms with Crippen LogP contribution in [0.4, 0.5) is 8.78 Å². The number of alkyl halides is 2. The SMILES string of the molecule is CN=C(NCCN1CCS(=O)(=O)CC1)NCc1cc(OC)ccc1OC(F)F.I. The molecule has 0 spiro atoms. The molecule has 2 rings (SSSR count).